The predicted octanol–water partition coefficient (Wildman–Crippen LogP) is 7.18. The molecule has 20 heteroatoms. The molecule has 3 N–H and O–H groups in total. The third-order valence-corrected chi connectivity index (χ3v) is 10.2. The van der Waals surface area contributed by atoms with Gasteiger partial charge in [-0.2, -0.15) is 23.4 Å². The van der Waals surface area contributed by atoms with Crippen LogP contribution in [0.4, 0.5) is 32.6 Å². The molecule has 0 aliphatic heterocycles. The lowest BCUT2D eigenvalue weighted by atomic mass is 9.93. The molecule has 0 aliphatic carbocycles. The minimum Gasteiger partial charge on any atom is -0.465 e. The standard InChI is InChI=1S/C31H33ClF5N7O5SSi/c1-50(47,48)42-29-26-22(32)6-5-20(28(26)43(41-29)15-31(35,36)37)21-13-25-24(14-38-44(25)16-49-7-8-51(2,3)4)39-27(21)23(40-30(45)46)11-17-9-18(33)12-19(34)10-17/h5-6,9-10,12-14,23,40H,7-8,11,15-16H2,1-4H3,(H,41,42)(H,45,46)/t23-/m0/s1. The highest BCUT2D eigenvalue weighted by molar-refractivity contribution is 7.92. The van der Waals surface area contributed by atoms with Crippen molar-refractivity contribution < 1.29 is 45.0 Å². The zero-order valence-corrected chi connectivity index (χ0v) is 30.2. The minimum atomic E-state index is -4.83. The van der Waals surface area contributed by atoms with E-state index in [-0.39, 0.29) is 57.0 Å². The number of hydrogen-bond acceptors (Lipinski definition) is 7. The second-order valence-corrected chi connectivity index (χ2v) is 20.9. The number of rotatable bonds is 13. The second kappa shape index (κ2) is 14.4. The van der Waals surface area contributed by atoms with Crippen LogP contribution in [0.1, 0.15) is 17.3 Å². The largest absolute Gasteiger partial charge is 0.465 e. The Bertz CT molecular complexity index is 2200. The Labute approximate surface area is 294 Å². The van der Waals surface area contributed by atoms with E-state index in [1.807, 2.05) is 0 Å². The molecule has 2 aromatic carbocycles. The Morgan fingerprint density at radius 2 is 1.76 bits per heavy atom. The molecule has 51 heavy (non-hydrogen) atoms. The molecule has 0 unspecified atom stereocenters. The Hall–Kier alpha value is -4.33. The number of ether oxygens (including phenoxy) is 1. The van der Waals surface area contributed by atoms with Gasteiger partial charge in [0, 0.05) is 31.9 Å². The summed E-state index contributed by atoms with van der Waals surface area (Å²) in [5.41, 5.74) is 0.427. The van der Waals surface area contributed by atoms with Gasteiger partial charge in [0.05, 0.1) is 45.6 Å². The molecule has 1 amide bonds. The van der Waals surface area contributed by atoms with Crippen molar-refractivity contribution in [3.63, 3.8) is 0 Å². The van der Waals surface area contributed by atoms with Crippen molar-refractivity contribution in [2.75, 3.05) is 17.6 Å². The first kappa shape index (κ1) is 37.9. The summed E-state index contributed by atoms with van der Waals surface area (Å²) >= 11 is 6.48. The van der Waals surface area contributed by atoms with E-state index < -0.39 is 60.4 Å². The van der Waals surface area contributed by atoms with E-state index in [0.717, 1.165) is 24.4 Å². The maximum atomic E-state index is 14.2. The zero-order chi connectivity index (χ0) is 37.5. The number of nitrogens with zero attached hydrogens (tertiary/aromatic N) is 5. The summed E-state index contributed by atoms with van der Waals surface area (Å²) in [5.74, 6) is -2.31. The summed E-state index contributed by atoms with van der Waals surface area (Å²) in [5, 5.41) is 20.1. The number of amides is 1. The highest BCUT2D eigenvalue weighted by Gasteiger charge is 2.33. The maximum Gasteiger partial charge on any atom is 0.408 e. The van der Waals surface area contributed by atoms with Gasteiger partial charge in [0.2, 0.25) is 10.0 Å². The van der Waals surface area contributed by atoms with Crippen LogP contribution in [0.5, 0.6) is 0 Å². The van der Waals surface area contributed by atoms with Crippen LogP contribution >= 0.6 is 11.6 Å². The van der Waals surface area contributed by atoms with Gasteiger partial charge >= 0.3 is 12.3 Å². The average molecular weight is 774 g/mol. The van der Waals surface area contributed by atoms with Crippen LogP contribution in [0.25, 0.3) is 33.1 Å². The van der Waals surface area contributed by atoms with Gasteiger partial charge in [-0.25, -0.2) is 31.7 Å². The molecular weight excluding hydrogens is 741 g/mol. The zero-order valence-electron chi connectivity index (χ0n) is 27.6. The van der Waals surface area contributed by atoms with Gasteiger partial charge in [-0.15, -0.1) is 0 Å². The predicted molar refractivity (Wildman–Crippen MR) is 184 cm³/mol. The Kier molecular flexibility index (Phi) is 10.7. The van der Waals surface area contributed by atoms with Gasteiger partial charge in [0.25, 0.3) is 0 Å². The van der Waals surface area contributed by atoms with E-state index in [0.29, 0.717) is 22.9 Å². The maximum absolute atomic E-state index is 14.2. The molecule has 12 nitrogen and oxygen atoms in total. The van der Waals surface area contributed by atoms with Gasteiger partial charge in [-0.1, -0.05) is 37.3 Å². The van der Waals surface area contributed by atoms with E-state index >= 15 is 0 Å². The van der Waals surface area contributed by atoms with E-state index in [1.54, 1.807) is 0 Å². The van der Waals surface area contributed by atoms with Crippen LogP contribution < -0.4 is 10.0 Å². The fourth-order valence-electron chi connectivity index (χ4n) is 5.49. The molecule has 5 rings (SSSR count). The molecule has 5 aromatic rings. The van der Waals surface area contributed by atoms with Gasteiger partial charge in [-0.3, -0.25) is 9.40 Å². The lowest BCUT2D eigenvalue weighted by Crippen LogP contribution is -2.29. The molecule has 0 bridgehead atoms. The molecule has 3 heterocycles. The van der Waals surface area contributed by atoms with E-state index in [4.69, 9.17) is 21.3 Å². The highest BCUT2D eigenvalue weighted by Crippen LogP contribution is 2.42. The topological polar surface area (TPSA) is 153 Å². The van der Waals surface area contributed by atoms with E-state index in [2.05, 4.69) is 39.9 Å². The molecule has 0 spiro atoms. The van der Waals surface area contributed by atoms with Gasteiger partial charge in [-0.05, 0) is 42.3 Å². The molecular formula is C31H33ClF5N7O5SSi. The average Bonchev–Trinajstić information content (AvgIpc) is 3.52. The minimum absolute atomic E-state index is 0.00659. The summed E-state index contributed by atoms with van der Waals surface area (Å²) in [6.45, 7) is 5.32. The number of pyridine rings is 1. The van der Waals surface area contributed by atoms with Crippen LogP contribution in [-0.2, 0) is 34.5 Å². The quantitative estimate of drug-likeness (QED) is 0.0647. The van der Waals surface area contributed by atoms with Gasteiger partial charge in [0.1, 0.15) is 30.4 Å². The third kappa shape index (κ3) is 9.51. The molecule has 0 radical (unpaired) electrons. The molecule has 0 saturated carbocycles. The van der Waals surface area contributed by atoms with E-state index in [9.17, 15) is 40.3 Å². The summed E-state index contributed by atoms with van der Waals surface area (Å²) < 4.78 is 105. The number of fused-ring (bicyclic) bond motifs is 2. The Morgan fingerprint density at radius 3 is 2.37 bits per heavy atom. The van der Waals surface area contributed by atoms with Crippen molar-refractivity contribution in [3.8, 4) is 11.1 Å². The number of nitrogens with one attached hydrogen (secondary N) is 2. The second-order valence-electron chi connectivity index (χ2n) is 13.1. The monoisotopic (exact) mass is 773 g/mol. The number of carboxylic acid groups (broad SMARTS) is 1. The fourth-order valence-corrected chi connectivity index (χ4v) is 6.99. The summed E-state index contributed by atoms with van der Waals surface area (Å²) in [6.07, 6.45) is -4.50. The lowest BCUT2D eigenvalue weighted by molar-refractivity contribution is -0.141. The molecule has 0 saturated heterocycles. The summed E-state index contributed by atoms with van der Waals surface area (Å²) in [4.78, 5) is 16.8. The van der Waals surface area contributed by atoms with Crippen LogP contribution in [0.2, 0.25) is 30.7 Å². The number of carbonyl (C=O) groups is 1. The molecule has 0 aliphatic rings. The number of benzene rings is 2. The van der Waals surface area contributed by atoms with Crippen molar-refractivity contribution in [1.29, 1.82) is 0 Å². The molecule has 274 valence electrons. The first-order chi connectivity index (χ1) is 23.7. The third-order valence-electron chi connectivity index (χ3n) is 7.60. The molecule has 0 fully saturated rings. The van der Waals surface area contributed by atoms with Gasteiger partial charge in [0.15, 0.2) is 5.82 Å². The van der Waals surface area contributed by atoms with Crippen molar-refractivity contribution in [3.05, 3.63) is 70.5 Å². The fraction of sp³-hybridized carbons (Fsp3) is 0.355. The van der Waals surface area contributed by atoms with Crippen molar-refractivity contribution in [2.24, 2.45) is 0 Å². The van der Waals surface area contributed by atoms with Crippen LogP contribution in [0, 0.1) is 11.6 Å². The number of halogens is 6. The first-order valence-electron chi connectivity index (χ1n) is 15.3. The number of aromatic nitrogens is 5. The molecule has 1 atom stereocenters. The SMILES string of the molecule is C[Si](C)(C)CCOCn1ncc2nc([C@H](Cc3cc(F)cc(F)c3)NC(=O)O)c(-c3ccc(Cl)c4c(NS(C)(=O)=O)nn(CC(F)(F)F)c34)cc21. The van der Waals surface area contributed by atoms with Crippen molar-refractivity contribution in [2.45, 2.75) is 57.6 Å². The number of alkyl halides is 3. The van der Waals surface area contributed by atoms with E-state index in [1.165, 1.54) is 29.1 Å². The van der Waals surface area contributed by atoms with Crippen LogP contribution in [0.15, 0.2) is 42.6 Å². The smallest absolute Gasteiger partial charge is 0.408 e. The lowest BCUT2D eigenvalue weighted by Gasteiger charge is -2.21. The Morgan fingerprint density at radius 1 is 1.08 bits per heavy atom. The number of hydrogen-bond donors (Lipinski definition) is 3. The Balaban J connectivity index is 1.79. The first-order valence-corrected chi connectivity index (χ1v) is 21.3. The van der Waals surface area contributed by atoms with Crippen molar-refractivity contribution >= 4 is 63.5 Å². The number of sulfonamides is 1. The summed E-state index contributed by atoms with van der Waals surface area (Å²) in [6, 6.07) is 6.40. The van der Waals surface area contributed by atoms with Gasteiger partial charge < -0.3 is 15.2 Å². The highest BCUT2D eigenvalue weighted by atomic mass is 35.5. The number of anilines is 1. The summed E-state index contributed by atoms with van der Waals surface area (Å²) in [7, 11) is -5.49. The van der Waals surface area contributed by atoms with Crippen molar-refractivity contribution in [1.82, 2.24) is 29.9 Å². The normalized spacial score (nSPS) is 13.2. The van der Waals surface area contributed by atoms with Crippen LogP contribution in [-0.4, -0.2) is 71.3 Å². The van der Waals surface area contributed by atoms with Crippen LogP contribution in [0.3, 0.4) is 0 Å². The molecule has 3 aromatic heterocycles.